The fourth-order valence-electron chi connectivity index (χ4n) is 2.33. The Morgan fingerprint density at radius 3 is 2.90 bits per heavy atom. The van der Waals surface area contributed by atoms with Crippen molar-refractivity contribution < 1.29 is 4.79 Å². The number of thioether (sulfide) groups is 1. The lowest BCUT2D eigenvalue weighted by Gasteiger charge is -2.41. The van der Waals surface area contributed by atoms with Gasteiger partial charge in [0.15, 0.2) is 0 Å². The highest BCUT2D eigenvalue weighted by Crippen LogP contribution is 2.27. The number of rotatable bonds is 5. The Hall–Kier alpha value is -0.710. The lowest BCUT2D eigenvalue weighted by Crippen LogP contribution is -2.61. The van der Waals surface area contributed by atoms with Gasteiger partial charge in [-0.25, -0.2) is 0 Å². The molecule has 1 N–H and O–H groups in total. The molecule has 1 saturated heterocycles. The van der Waals surface area contributed by atoms with Crippen LogP contribution in [0.5, 0.6) is 0 Å². The van der Waals surface area contributed by atoms with E-state index in [1.165, 1.54) is 0 Å². The summed E-state index contributed by atoms with van der Waals surface area (Å²) in [5.41, 5.74) is -0.396. The lowest BCUT2D eigenvalue weighted by molar-refractivity contribution is -0.134. The number of benzene rings is 1. The number of nitrogens with zero attached hydrogens (tertiary/aromatic N) is 1. The van der Waals surface area contributed by atoms with Crippen LogP contribution in [0.1, 0.15) is 20.3 Å². The number of hydrogen-bond donors (Lipinski definition) is 1. The molecule has 1 aromatic rings. The summed E-state index contributed by atoms with van der Waals surface area (Å²) in [5.74, 6) is 1.14. The Morgan fingerprint density at radius 2 is 2.15 bits per heavy atom. The molecule has 110 valence electrons. The summed E-state index contributed by atoms with van der Waals surface area (Å²) in [5, 5.41) is 3.74. The van der Waals surface area contributed by atoms with Gasteiger partial charge in [0.1, 0.15) is 0 Å². The van der Waals surface area contributed by atoms with Gasteiger partial charge in [-0.2, -0.15) is 0 Å². The Morgan fingerprint density at radius 1 is 1.40 bits per heavy atom. The predicted molar refractivity (Wildman–Crippen MR) is 85.5 cm³/mol. The van der Waals surface area contributed by atoms with E-state index in [9.17, 15) is 4.79 Å². The maximum atomic E-state index is 11.8. The second-order valence-corrected chi connectivity index (χ2v) is 6.98. The van der Waals surface area contributed by atoms with Crippen molar-refractivity contribution in [2.75, 3.05) is 25.4 Å². The van der Waals surface area contributed by atoms with Crippen molar-refractivity contribution in [3.8, 4) is 0 Å². The molecule has 1 aliphatic heterocycles. The van der Waals surface area contributed by atoms with Gasteiger partial charge in [0, 0.05) is 24.5 Å². The number of carbonyl (C=O) groups is 1. The molecule has 0 radical (unpaired) electrons. The van der Waals surface area contributed by atoms with Gasteiger partial charge in [-0.15, -0.1) is 11.8 Å². The van der Waals surface area contributed by atoms with E-state index in [0.29, 0.717) is 0 Å². The SMILES string of the molecule is CC1(C)C(=O)NCCN1CCCSc1ccccc1Cl. The normalized spacial score (nSPS) is 18.9. The topological polar surface area (TPSA) is 32.3 Å². The molecule has 0 aliphatic carbocycles. The van der Waals surface area contributed by atoms with Crippen LogP contribution in [0.4, 0.5) is 0 Å². The number of hydrogen-bond acceptors (Lipinski definition) is 3. The second kappa shape index (κ2) is 6.83. The quantitative estimate of drug-likeness (QED) is 0.670. The van der Waals surface area contributed by atoms with Crippen molar-refractivity contribution in [2.24, 2.45) is 0 Å². The molecule has 0 atom stereocenters. The average molecular weight is 313 g/mol. The molecule has 1 aliphatic rings. The van der Waals surface area contributed by atoms with Crippen LogP contribution in [-0.4, -0.2) is 41.7 Å². The fourth-order valence-corrected chi connectivity index (χ4v) is 3.51. The zero-order valence-corrected chi connectivity index (χ0v) is 13.6. The van der Waals surface area contributed by atoms with E-state index in [1.807, 2.05) is 38.1 Å². The number of nitrogens with one attached hydrogen (secondary N) is 1. The molecule has 20 heavy (non-hydrogen) atoms. The molecule has 5 heteroatoms. The first kappa shape index (κ1) is 15.7. The molecule has 0 aromatic heterocycles. The standard InChI is InChI=1S/C15H21ClN2OS/c1-15(2)14(19)17-8-10-18(15)9-5-11-20-13-7-4-3-6-12(13)16/h3-4,6-7H,5,8-11H2,1-2H3,(H,17,19). The third-order valence-electron chi connectivity index (χ3n) is 3.68. The smallest absolute Gasteiger partial charge is 0.239 e. The van der Waals surface area contributed by atoms with Crippen molar-refractivity contribution in [1.82, 2.24) is 10.2 Å². The van der Waals surface area contributed by atoms with Gasteiger partial charge >= 0.3 is 0 Å². The van der Waals surface area contributed by atoms with E-state index in [0.717, 1.165) is 41.7 Å². The number of carbonyl (C=O) groups excluding carboxylic acids is 1. The van der Waals surface area contributed by atoms with Gasteiger partial charge in [-0.1, -0.05) is 23.7 Å². The van der Waals surface area contributed by atoms with Crippen LogP contribution < -0.4 is 5.32 Å². The summed E-state index contributed by atoms with van der Waals surface area (Å²) in [6, 6.07) is 7.92. The maximum Gasteiger partial charge on any atom is 0.239 e. The predicted octanol–water partition coefficient (Wildman–Crippen LogP) is 3.03. The summed E-state index contributed by atoms with van der Waals surface area (Å²) in [4.78, 5) is 15.2. The molecular formula is C15H21ClN2OS. The fraction of sp³-hybridized carbons (Fsp3) is 0.533. The zero-order valence-electron chi connectivity index (χ0n) is 12.0. The summed E-state index contributed by atoms with van der Waals surface area (Å²) in [6.45, 7) is 6.60. The minimum atomic E-state index is -0.396. The van der Waals surface area contributed by atoms with Crippen molar-refractivity contribution in [3.05, 3.63) is 29.3 Å². The first-order valence-corrected chi connectivity index (χ1v) is 8.29. The van der Waals surface area contributed by atoms with E-state index < -0.39 is 5.54 Å². The van der Waals surface area contributed by atoms with Gasteiger partial charge in [0.05, 0.1) is 10.6 Å². The van der Waals surface area contributed by atoms with Crippen molar-refractivity contribution in [1.29, 1.82) is 0 Å². The van der Waals surface area contributed by atoms with Crippen molar-refractivity contribution in [3.63, 3.8) is 0 Å². The molecule has 1 heterocycles. The highest BCUT2D eigenvalue weighted by atomic mass is 35.5. The first-order chi connectivity index (χ1) is 9.51. The van der Waals surface area contributed by atoms with Gasteiger partial charge in [0.2, 0.25) is 5.91 Å². The van der Waals surface area contributed by atoms with E-state index in [4.69, 9.17) is 11.6 Å². The molecule has 2 rings (SSSR count). The van der Waals surface area contributed by atoms with E-state index >= 15 is 0 Å². The van der Waals surface area contributed by atoms with Crippen LogP contribution in [0.2, 0.25) is 5.02 Å². The van der Waals surface area contributed by atoms with Crippen molar-refractivity contribution >= 4 is 29.3 Å². The largest absolute Gasteiger partial charge is 0.353 e. The molecule has 1 amide bonds. The molecule has 0 bridgehead atoms. The first-order valence-electron chi connectivity index (χ1n) is 6.92. The highest BCUT2D eigenvalue weighted by molar-refractivity contribution is 7.99. The Kier molecular flexibility index (Phi) is 5.35. The molecule has 3 nitrogen and oxygen atoms in total. The van der Waals surface area contributed by atoms with E-state index in [-0.39, 0.29) is 5.91 Å². The molecule has 1 aromatic carbocycles. The van der Waals surface area contributed by atoms with Crippen LogP contribution in [0.15, 0.2) is 29.2 Å². The minimum absolute atomic E-state index is 0.127. The van der Waals surface area contributed by atoms with Gasteiger partial charge in [-0.05, 0) is 38.2 Å². The van der Waals surface area contributed by atoms with Crippen LogP contribution in [0, 0.1) is 0 Å². The van der Waals surface area contributed by atoms with E-state index in [1.54, 1.807) is 11.8 Å². The Balaban J connectivity index is 1.79. The van der Waals surface area contributed by atoms with Crippen LogP contribution >= 0.6 is 23.4 Å². The molecule has 0 spiro atoms. The van der Waals surface area contributed by atoms with Gasteiger partial charge in [-0.3, -0.25) is 9.69 Å². The Labute approximate surface area is 130 Å². The number of piperazine rings is 1. The van der Waals surface area contributed by atoms with Crippen LogP contribution in [-0.2, 0) is 4.79 Å². The summed E-state index contributed by atoms with van der Waals surface area (Å²) in [7, 11) is 0. The Bertz CT molecular complexity index is 479. The number of amides is 1. The molecule has 0 unspecified atom stereocenters. The third kappa shape index (κ3) is 3.68. The molecular weight excluding hydrogens is 292 g/mol. The van der Waals surface area contributed by atoms with Gasteiger partial charge < -0.3 is 5.32 Å². The monoisotopic (exact) mass is 312 g/mol. The summed E-state index contributed by atoms with van der Waals surface area (Å²) >= 11 is 7.91. The van der Waals surface area contributed by atoms with E-state index in [2.05, 4.69) is 10.2 Å². The van der Waals surface area contributed by atoms with Crippen LogP contribution in [0.3, 0.4) is 0 Å². The summed E-state index contributed by atoms with van der Waals surface area (Å²) < 4.78 is 0. The third-order valence-corrected chi connectivity index (χ3v) is 5.28. The van der Waals surface area contributed by atoms with Gasteiger partial charge in [0.25, 0.3) is 0 Å². The maximum absolute atomic E-state index is 11.8. The average Bonchev–Trinajstić information content (AvgIpc) is 2.41. The van der Waals surface area contributed by atoms with Crippen LogP contribution in [0.25, 0.3) is 0 Å². The lowest BCUT2D eigenvalue weighted by atomic mass is 9.99. The molecule has 1 fully saturated rings. The highest BCUT2D eigenvalue weighted by Gasteiger charge is 2.36. The second-order valence-electron chi connectivity index (χ2n) is 5.43. The summed E-state index contributed by atoms with van der Waals surface area (Å²) in [6.07, 6.45) is 1.05. The van der Waals surface area contributed by atoms with Crippen molar-refractivity contribution in [2.45, 2.75) is 30.7 Å². The number of halogens is 1. The molecule has 0 saturated carbocycles. The zero-order chi connectivity index (χ0) is 14.6. The minimum Gasteiger partial charge on any atom is -0.353 e.